The maximum atomic E-state index is 12.8. The molecule has 0 saturated carbocycles. The van der Waals surface area contributed by atoms with Gasteiger partial charge in [-0.3, -0.25) is 9.59 Å². The van der Waals surface area contributed by atoms with Crippen molar-refractivity contribution >= 4 is 17.5 Å². The molecule has 1 aromatic rings. The molecule has 0 aliphatic rings. The number of hydrogen-bond acceptors (Lipinski definition) is 2. The number of nitrogens with zero attached hydrogens (tertiary/aromatic N) is 1. The average Bonchev–Trinajstić information content (AvgIpc) is 2.42. The fourth-order valence-electron chi connectivity index (χ4n) is 1.99. The number of rotatable bonds is 6. The summed E-state index contributed by atoms with van der Waals surface area (Å²) >= 11 is 0. The van der Waals surface area contributed by atoms with Crippen molar-refractivity contribution in [2.75, 3.05) is 18.4 Å². The van der Waals surface area contributed by atoms with Crippen LogP contribution in [0.1, 0.15) is 32.3 Å². The van der Waals surface area contributed by atoms with E-state index in [4.69, 9.17) is 0 Å². The van der Waals surface area contributed by atoms with Gasteiger partial charge in [0.25, 0.3) is 0 Å². The second-order valence-electron chi connectivity index (χ2n) is 4.85. The number of alkyl halides is 3. The van der Waals surface area contributed by atoms with Gasteiger partial charge < -0.3 is 10.2 Å². The summed E-state index contributed by atoms with van der Waals surface area (Å²) < 4.78 is 38.4. The maximum Gasteiger partial charge on any atom is 0.418 e. The van der Waals surface area contributed by atoms with Crippen LogP contribution in [-0.4, -0.2) is 29.8 Å². The van der Waals surface area contributed by atoms with E-state index in [0.717, 1.165) is 12.5 Å². The third-order valence-corrected chi connectivity index (χ3v) is 3.05. The van der Waals surface area contributed by atoms with Gasteiger partial charge in [-0.2, -0.15) is 13.2 Å². The van der Waals surface area contributed by atoms with Crippen molar-refractivity contribution < 1.29 is 22.8 Å². The number of carbonyl (C=O) groups is 2. The molecular weight excluding hydrogens is 297 g/mol. The summed E-state index contributed by atoms with van der Waals surface area (Å²) in [6.07, 6.45) is -3.83. The van der Waals surface area contributed by atoms with E-state index in [-0.39, 0.29) is 24.6 Å². The van der Waals surface area contributed by atoms with Crippen LogP contribution >= 0.6 is 0 Å². The van der Waals surface area contributed by atoms with E-state index in [2.05, 4.69) is 5.32 Å². The van der Waals surface area contributed by atoms with Gasteiger partial charge in [0.1, 0.15) is 0 Å². The maximum absolute atomic E-state index is 12.8. The van der Waals surface area contributed by atoms with Crippen LogP contribution in [0.25, 0.3) is 0 Å². The van der Waals surface area contributed by atoms with Gasteiger partial charge in [0.05, 0.1) is 11.3 Å². The van der Waals surface area contributed by atoms with E-state index in [1.807, 2.05) is 6.92 Å². The Balaban J connectivity index is 2.68. The molecular formula is C15H19F3N2O2. The van der Waals surface area contributed by atoms with Crippen LogP contribution in [0.2, 0.25) is 0 Å². The van der Waals surface area contributed by atoms with E-state index >= 15 is 0 Å². The number of amides is 2. The van der Waals surface area contributed by atoms with Gasteiger partial charge in [0.15, 0.2) is 0 Å². The van der Waals surface area contributed by atoms with Gasteiger partial charge in [-0.25, -0.2) is 0 Å². The van der Waals surface area contributed by atoms with Crippen molar-refractivity contribution in [3.8, 4) is 0 Å². The molecule has 0 radical (unpaired) electrons. The number of hydrogen-bond donors (Lipinski definition) is 1. The molecule has 7 heteroatoms. The van der Waals surface area contributed by atoms with Gasteiger partial charge in [0.2, 0.25) is 11.8 Å². The minimum absolute atomic E-state index is 0.0498. The summed E-state index contributed by atoms with van der Waals surface area (Å²) in [5.74, 6) is -0.718. The minimum Gasteiger partial charge on any atom is -0.342 e. The zero-order chi connectivity index (χ0) is 16.8. The van der Waals surface area contributed by atoms with Crippen LogP contribution in [0.15, 0.2) is 24.3 Å². The smallest absolute Gasteiger partial charge is 0.342 e. The van der Waals surface area contributed by atoms with Gasteiger partial charge in [-0.15, -0.1) is 0 Å². The molecule has 1 N–H and O–H groups in total. The SMILES string of the molecule is CCCN(CCC(=O)Nc1ccccc1C(F)(F)F)C(C)=O. The van der Waals surface area contributed by atoms with Crippen LogP contribution in [0, 0.1) is 0 Å². The fourth-order valence-corrected chi connectivity index (χ4v) is 1.99. The molecule has 0 aliphatic heterocycles. The Hall–Kier alpha value is -2.05. The van der Waals surface area contributed by atoms with Gasteiger partial charge in [0, 0.05) is 26.4 Å². The lowest BCUT2D eigenvalue weighted by atomic mass is 10.1. The minimum atomic E-state index is -4.53. The largest absolute Gasteiger partial charge is 0.418 e. The second-order valence-corrected chi connectivity index (χ2v) is 4.85. The van der Waals surface area contributed by atoms with Crippen molar-refractivity contribution in [3.63, 3.8) is 0 Å². The third-order valence-electron chi connectivity index (χ3n) is 3.05. The molecule has 0 spiro atoms. The molecule has 122 valence electrons. The molecule has 1 aromatic carbocycles. The Labute approximate surface area is 127 Å². The first-order valence-corrected chi connectivity index (χ1v) is 6.97. The van der Waals surface area contributed by atoms with Gasteiger partial charge in [-0.1, -0.05) is 19.1 Å². The molecule has 0 saturated heterocycles. The molecule has 22 heavy (non-hydrogen) atoms. The Bertz CT molecular complexity index is 530. The molecule has 0 atom stereocenters. The van der Waals surface area contributed by atoms with E-state index in [0.29, 0.717) is 6.54 Å². The lowest BCUT2D eigenvalue weighted by molar-refractivity contribution is -0.137. The van der Waals surface area contributed by atoms with Crippen LogP contribution in [0.3, 0.4) is 0 Å². The molecule has 2 amide bonds. The Kier molecular flexibility index (Phi) is 6.39. The first-order chi connectivity index (χ1) is 10.3. The third kappa shape index (κ3) is 5.38. The zero-order valence-electron chi connectivity index (χ0n) is 12.5. The molecule has 0 bridgehead atoms. The predicted octanol–water partition coefficient (Wildman–Crippen LogP) is 3.29. The lowest BCUT2D eigenvalue weighted by Crippen LogP contribution is -2.32. The number of carbonyl (C=O) groups excluding carboxylic acids is 2. The Morgan fingerprint density at radius 2 is 1.82 bits per heavy atom. The van der Waals surface area contributed by atoms with Crippen LogP contribution in [0.5, 0.6) is 0 Å². The standard InChI is InChI=1S/C15H19F3N2O2/c1-3-9-20(11(2)21)10-8-14(22)19-13-7-5-4-6-12(13)15(16,17)18/h4-7H,3,8-10H2,1-2H3,(H,19,22). The molecule has 0 fully saturated rings. The molecule has 0 aliphatic carbocycles. The fraction of sp³-hybridized carbons (Fsp3) is 0.467. The van der Waals surface area contributed by atoms with Crippen molar-refractivity contribution in [3.05, 3.63) is 29.8 Å². The number of anilines is 1. The highest BCUT2D eigenvalue weighted by Crippen LogP contribution is 2.34. The normalized spacial score (nSPS) is 11.1. The first kappa shape index (κ1) is 18.0. The van der Waals surface area contributed by atoms with Crippen molar-refractivity contribution in [1.29, 1.82) is 0 Å². The van der Waals surface area contributed by atoms with Crippen LogP contribution in [-0.2, 0) is 15.8 Å². The molecule has 1 rings (SSSR count). The lowest BCUT2D eigenvalue weighted by Gasteiger charge is -2.20. The number of halogens is 3. The van der Waals surface area contributed by atoms with Crippen molar-refractivity contribution in [1.82, 2.24) is 4.90 Å². The Morgan fingerprint density at radius 3 is 2.36 bits per heavy atom. The van der Waals surface area contributed by atoms with E-state index in [1.165, 1.54) is 30.0 Å². The number of para-hydroxylation sites is 1. The van der Waals surface area contributed by atoms with Gasteiger partial charge in [-0.05, 0) is 18.6 Å². The highest BCUT2D eigenvalue weighted by molar-refractivity contribution is 5.92. The summed E-state index contributed by atoms with van der Waals surface area (Å²) in [6, 6.07) is 4.80. The number of nitrogens with one attached hydrogen (secondary N) is 1. The van der Waals surface area contributed by atoms with Crippen molar-refractivity contribution in [2.24, 2.45) is 0 Å². The van der Waals surface area contributed by atoms with E-state index < -0.39 is 17.6 Å². The summed E-state index contributed by atoms with van der Waals surface area (Å²) in [5, 5.41) is 2.26. The molecule has 4 nitrogen and oxygen atoms in total. The predicted molar refractivity (Wildman–Crippen MR) is 77.2 cm³/mol. The highest BCUT2D eigenvalue weighted by atomic mass is 19.4. The summed E-state index contributed by atoms with van der Waals surface area (Å²) in [6.45, 7) is 3.99. The topological polar surface area (TPSA) is 49.4 Å². The summed E-state index contributed by atoms with van der Waals surface area (Å²) in [4.78, 5) is 24.6. The monoisotopic (exact) mass is 316 g/mol. The number of benzene rings is 1. The summed E-state index contributed by atoms with van der Waals surface area (Å²) in [5.41, 5.74) is -1.16. The van der Waals surface area contributed by atoms with Crippen molar-refractivity contribution in [2.45, 2.75) is 32.9 Å². The van der Waals surface area contributed by atoms with E-state index in [1.54, 1.807) is 0 Å². The first-order valence-electron chi connectivity index (χ1n) is 6.97. The molecule has 0 aromatic heterocycles. The molecule has 0 unspecified atom stereocenters. The quantitative estimate of drug-likeness (QED) is 0.875. The summed E-state index contributed by atoms with van der Waals surface area (Å²) in [7, 11) is 0. The van der Waals surface area contributed by atoms with E-state index in [9.17, 15) is 22.8 Å². The molecule has 0 heterocycles. The highest BCUT2D eigenvalue weighted by Gasteiger charge is 2.33. The van der Waals surface area contributed by atoms with Crippen LogP contribution in [0.4, 0.5) is 18.9 Å². The second kappa shape index (κ2) is 7.82. The van der Waals surface area contributed by atoms with Gasteiger partial charge >= 0.3 is 6.18 Å². The average molecular weight is 316 g/mol. The Morgan fingerprint density at radius 1 is 1.18 bits per heavy atom. The zero-order valence-corrected chi connectivity index (χ0v) is 12.5. The van der Waals surface area contributed by atoms with Crippen LogP contribution < -0.4 is 5.32 Å².